The Bertz CT molecular complexity index is 671. The zero-order valence-electron chi connectivity index (χ0n) is 13.0. The number of halogens is 1. The maximum Gasteiger partial charge on any atom is 0.254 e. The van der Waals surface area contributed by atoms with Gasteiger partial charge in [0.25, 0.3) is 5.91 Å². The lowest BCUT2D eigenvalue weighted by molar-refractivity contribution is -0.124. The van der Waals surface area contributed by atoms with Crippen LogP contribution >= 0.6 is 11.3 Å². The Kier molecular flexibility index (Phi) is 5.87. The minimum absolute atomic E-state index is 0.0655. The molecular weight excluding hydrogens is 315 g/mol. The summed E-state index contributed by atoms with van der Waals surface area (Å²) in [5.41, 5.74) is -0.0655. The Balaban J connectivity index is 2.02. The molecule has 0 aliphatic heterocycles. The molecule has 23 heavy (non-hydrogen) atoms. The molecule has 0 aliphatic carbocycles. The highest BCUT2D eigenvalue weighted by Gasteiger charge is 2.25. The molecule has 1 heterocycles. The van der Waals surface area contributed by atoms with E-state index in [-0.39, 0.29) is 17.4 Å². The highest BCUT2D eigenvalue weighted by atomic mass is 32.1. The molecule has 0 fully saturated rings. The summed E-state index contributed by atoms with van der Waals surface area (Å²) in [6.07, 6.45) is 0. The third-order valence-corrected chi connectivity index (χ3v) is 4.25. The van der Waals surface area contributed by atoms with E-state index >= 15 is 0 Å². The number of amides is 2. The van der Waals surface area contributed by atoms with Crippen molar-refractivity contribution in [2.45, 2.75) is 26.4 Å². The average Bonchev–Trinajstić information content (AvgIpc) is 3.03. The van der Waals surface area contributed by atoms with Gasteiger partial charge in [-0.3, -0.25) is 9.59 Å². The Hall–Kier alpha value is -2.21. The predicted molar refractivity (Wildman–Crippen MR) is 88.7 cm³/mol. The van der Waals surface area contributed by atoms with Crippen LogP contribution < -0.4 is 10.6 Å². The van der Waals surface area contributed by atoms with Gasteiger partial charge in [0.15, 0.2) is 0 Å². The van der Waals surface area contributed by atoms with Crippen molar-refractivity contribution in [1.82, 2.24) is 10.6 Å². The SMILES string of the molecule is CC(C)[C@@H](NC(=O)c1ccccc1F)C(=O)NCc1cccs1. The summed E-state index contributed by atoms with van der Waals surface area (Å²) in [6.45, 7) is 4.07. The van der Waals surface area contributed by atoms with E-state index in [2.05, 4.69) is 10.6 Å². The van der Waals surface area contributed by atoms with Gasteiger partial charge in [0.05, 0.1) is 12.1 Å². The molecule has 1 aromatic carbocycles. The summed E-state index contributed by atoms with van der Waals surface area (Å²) in [7, 11) is 0. The van der Waals surface area contributed by atoms with E-state index in [1.165, 1.54) is 18.2 Å². The first-order chi connectivity index (χ1) is 11.0. The van der Waals surface area contributed by atoms with E-state index < -0.39 is 17.8 Å². The number of benzene rings is 1. The zero-order valence-corrected chi connectivity index (χ0v) is 13.8. The molecule has 2 rings (SSSR count). The molecule has 2 amide bonds. The molecule has 0 radical (unpaired) electrons. The van der Waals surface area contributed by atoms with Gasteiger partial charge in [-0.2, -0.15) is 0 Å². The van der Waals surface area contributed by atoms with Crippen molar-refractivity contribution in [3.63, 3.8) is 0 Å². The molecular formula is C17H19FN2O2S. The van der Waals surface area contributed by atoms with Crippen molar-refractivity contribution in [3.05, 3.63) is 58.0 Å². The molecule has 0 unspecified atom stereocenters. The van der Waals surface area contributed by atoms with Crippen molar-refractivity contribution >= 4 is 23.2 Å². The lowest BCUT2D eigenvalue weighted by Crippen LogP contribution is -2.49. The second-order valence-electron chi connectivity index (χ2n) is 5.47. The number of carbonyl (C=O) groups excluding carboxylic acids is 2. The first kappa shape index (κ1) is 17.1. The van der Waals surface area contributed by atoms with E-state index in [9.17, 15) is 14.0 Å². The molecule has 0 bridgehead atoms. The summed E-state index contributed by atoms with van der Waals surface area (Å²) in [5.74, 6) is -1.59. The summed E-state index contributed by atoms with van der Waals surface area (Å²) >= 11 is 1.55. The van der Waals surface area contributed by atoms with Crippen molar-refractivity contribution in [2.75, 3.05) is 0 Å². The third kappa shape index (κ3) is 4.63. The molecule has 0 spiro atoms. The van der Waals surface area contributed by atoms with Gasteiger partial charge in [0, 0.05) is 4.88 Å². The van der Waals surface area contributed by atoms with Crippen LogP contribution in [0.1, 0.15) is 29.1 Å². The standard InChI is InChI=1S/C17H19FN2O2S/c1-11(2)15(17(22)19-10-12-6-5-9-23-12)20-16(21)13-7-3-4-8-14(13)18/h3-9,11,15H,10H2,1-2H3,(H,19,22)(H,20,21)/t15-/m1/s1. The number of thiophene rings is 1. The molecule has 1 aromatic heterocycles. The van der Waals surface area contributed by atoms with Crippen molar-refractivity contribution < 1.29 is 14.0 Å². The molecule has 1 atom stereocenters. The number of nitrogens with one attached hydrogen (secondary N) is 2. The van der Waals surface area contributed by atoms with Gasteiger partial charge in [-0.05, 0) is 29.5 Å². The van der Waals surface area contributed by atoms with Crippen LogP contribution in [0.15, 0.2) is 41.8 Å². The maximum atomic E-state index is 13.7. The number of hydrogen-bond donors (Lipinski definition) is 2. The Morgan fingerprint density at radius 3 is 2.52 bits per heavy atom. The van der Waals surface area contributed by atoms with Crippen LogP contribution in [0, 0.1) is 11.7 Å². The largest absolute Gasteiger partial charge is 0.349 e. The van der Waals surface area contributed by atoms with E-state index in [1.807, 2.05) is 31.4 Å². The number of rotatable bonds is 6. The average molecular weight is 334 g/mol. The third-order valence-electron chi connectivity index (χ3n) is 3.37. The van der Waals surface area contributed by atoms with E-state index in [4.69, 9.17) is 0 Å². The van der Waals surface area contributed by atoms with Gasteiger partial charge in [-0.25, -0.2) is 4.39 Å². The van der Waals surface area contributed by atoms with Crippen LogP contribution in [0.5, 0.6) is 0 Å². The first-order valence-corrected chi connectivity index (χ1v) is 8.22. The van der Waals surface area contributed by atoms with E-state index in [0.29, 0.717) is 6.54 Å². The van der Waals surface area contributed by atoms with Crippen LogP contribution in [0.3, 0.4) is 0 Å². The smallest absolute Gasteiger partial charge is 0.254 e. The molecule has 2 N–H and O–H groups in total. The van der Waals surface area contributed by atoms with Crippen molar-refractivity contribution in [2.24, 2.45) is 5.92 Å². The van der Waals surface area contributed by atoms with Gasteiger partial charge in [-0.15, -0.1) is 11.3 Å². The lowest BCUT2D eigenvalue weighted by Gasteiger charge is -2.21. The molecule has 0 saturated heterocycles. The zero-order chi connectivity index (χ0) is 16.8. The van der Waals surface area contributed by atoms with Gasteiger partial charge in [-0.1, -0.05) is 32.0 Å². The van der Waals surface area contributed by atoms with Crippen LogP contribution in [0.2, 0.25) is 0 Å². The summed E-state index contributed by atoms with van der Waals surface area (Å²) in [5, 5.41) is 7.35. The summed E-state index contributed by atoms with van der Waals surface area (Å²) in [6, 6.07) is 8.82. The minimum atomic E-state index is -0.720. The molecule has 6 heteroatoms. The molecule has 122 valence electrons. The fourth-order valence-corrected chi connectivity index (χ4v) is 2.74. The monoisotopic (exact) mass is 334 g/mol. The minimum Gasteiger partial charge on any atom is -0.349 e. The van der Waals surface area contributed by atoms with Crippen LogP contribution in [0.25, 0.3) is 0 Å². The maximum absolute atomic E-state index is 13.7. The quantitative estimate of drug-likeness (QED) is 0.853. The van der Waals surface area contributed by atoms with Gasteiger partial charge >= 0.3 is 0 Å². The Morgan fingerprint density at radius 1 is 1.17 bits per heavy atom. The van der Waals surface area contributed by atoms with E-state index in [1.54, 1.807) is 17.4 Å². The topological polar surface area (TPSA) is 58.2 Å². The fourth-order valence-electron chi connectivity index (χ4n) is 2.10. The van der Waals surface area contributed by atoms with Gasteiger partial charge < -0.3 is 10.6 Å². The highest BCUT2D eigenvalue weighted by molar-refractivity contribution is 7.09. The number of carbonyl (C=O) groups is 2. The summed E-state index contributed by atoms with van der Waals surface area (Å²) in [4.78, 5) is 25.5. The molecule has 2 aromatic rings. The highest BCUT2D eigenvalue weighted by Crippen LogP contribution is 2.10. The van der Waals surface area contributed by atoms with E-state index in [0.717, 1.165) is 4.88 Å². The fraction of sp³-hybridized carbons (Fsp3) is 0.294. The molecule has 0 saturated carbocycles. The Labute approximate surface area is 138 Å². The molecule has 0 aliphatic rings. The lowest BCUT2D eigenvalue weighted by atomic mass is 10.0. The predicted octanol–water partition coefficient (Wildman–Crippen LogP) is 2.96. The van der Waals surface area contributed by atoms with Crippen LogP contribution in [-0.4, -0.2) is 17.9 Å². The first-order valence-electron chi connectivity index (χ1n) is 7.34. The van der Waals surface area contributed by atoms with Crippen LogP contribution in [-0.2, 0) is 11.3 Å². The molecule has 4 nitrogen and oxygen atoms in total. The normalized spacial score (nSPS) is 12.0. The second kappa shape index (κ2) is 7.87. The van der Waals surface area contributed by atoms with Crippen molar-refractivity contribution in [1.29, 1.82) is 0 Å². The second-order valence-corrected chi connectivity index (χ2v) is 6.50. The summed E-state index contributed by atoms with van der Waals surface area (Å²) < 4.78 is 13.7. The Morgan fingerprint density at radius 2 is 1.91 bits per heavy atom. The number of hydrogen-bond acceptors (Lipinski definition) is 3. The van der Waals surface area contributed by atoms with Crippen molar-refractivity contribution in [3.8, 4) is 0 Å². The van der Waals surface area contributed by atoms with Gasteiger partial charge in [0.1, 0.15) is 11.9 Å². The van der Waals surface area contributed by atoms with Crippen LogP contribution in [0.4, 0.5) is 4.39 Å². The van der Waals surface area contributed by atoms with Gasteiger partial charge in [0.2, 0.25) is 5.91 Å².